The van der Waals surface area contributed by atoms with E-state index >= 15 is 0 Å². The van der Waals surface area contributed by atoms with Gasteiger partial charge in [-0.1, -0.05) is 67.6 Å². The second kappa shape index (κ2) is 8.76. The second-order valence-electron chi connectivity index (χ2n) is 7.70. The van der Waals surface area contributed by atoms with Gasteiger partial charge in [-0.15, -0.1) is 0 Å². The van der Waals surface area contributed by atoms with Gasteiger partial charge in [-0.25, -0.2) is 5.43 Å². The highest BCUT2D eigenvalue weighted by Crippen LogP contribution is 2.40. The van der Waals surface area contributed by atoms with E-state index < -0.39 is 5.92 Å². The van der Waals surface area contributed by atoms with Gasteiger partial charge in [0, 0.05) is 32.1 Å². The first-order chi connectivity index (χ1) is 14.2. The first-order valence-electron chi connectivity index (χ1n) is 10.4. The Morgan fingerprint density at radius 3 is 2.10 bits per heavy atom. The first kappa shape index (κ1) is 19.6. The van der Waals surface area contributed by atoms with Crippen molar-refractivity contribution in [1.82, 2.24) is 20.7 Å². The van der Waals surface area contributed by atoms with E-state index in [0.717, 1.165) is 30.8 Å². The molecule has 152 valence electrons. The van der Waals surface area contributed by atoms with Crippen LogP contribution in [0.3, 0.4) is 0 Å². The molecule has 0 radical (unpaired) electrons. The van der Waals surface area contributed by atoms with E-state index in [-0.39, 0.29) is 23.8 Å². The van der Waals surface area contributed by atoms with Crippen LogP contribution < -0.4 is 10.9 Å². The summed E-state index contributed by atoms with van der Waals surface area (Å²) < 4.78 is 0. The topological polar surface area (TPSA) is 64.7 Å². The van der Waals surface area contributed by atoms with Crippen LogP contribution in [0.25, 0.3) is 0 Å². The Labute approximate surface area is 171 Å². The van der Waals surface area contributed by atoms with E-state index in [4.69, 9.17) is 0 Å². The third kappa shape index (κ3) is 4.04. The number of carbonyl (C=O) groups excluding carboxylic acids is 2. The number of amides is 2. The predicted octanol–water partition coefficient (Wildman–Crippen LogP) is 1.93. The third-order valence-corrected chi connectivity index (χ3v) is 6.09. The van der Waals surface area contributed by atoms with Crippen molar-refractivity contribution in [1.29, 1.82) is 0 Å². The van der Waals surface area contributed by atoms with Crippen LogP contribution in [-0.4, -0.2) is 54.3 Å². The molecule has 2 aromatic carbocycles. The van der Waals surface area contributed by atoms with E-state index in [1.807, 2.05) is 65.6 Å². The highest BCUT2D eigenvalue weighted by Gasteiger charge is 2.46. The first-order valence-corrected chi connectivity index (χ1v) is 10.4. The van der Waals surface area contributed by atoms with E-state index in [0.29, 0.717) is 13.1 Å². The molecule has 2 aliphatic heterocycles. The Morgan fingerprint density at radius 2 is 1.52 bits per heavy atom. The molecule has 3 atom stereocenters. The zero-order chi connectivity index (χ0) is 20.2. The molecule has 2 N–H and O–H groups in total. The minimum absolute atomic E-state index is 0.0745. The van der Waals surface area contributed by atoms with Crippen molar-refractivity contribution in [2.75, 3.05) is 32.7 Å². The third-order valence-electron chi connectivity index (χ3n) is 6.09. The number of hydrogen-bond acceptors (Lipinski definition) is 4. The lowest BCUT2D eigenvalue weighted by molar-refractivity contribution is -0.147. The molecule has 2 aliphatic rings. The van der Waals surface area contributed by atoms with Crippen molar-refractivity contribution in [2.24, 2.45) is 5.92 Å². The molecule has 6 nitrogen and oxygen atoms in total. The highest BCUT2D eigenvalue weighted by atomic mass is 16.2. The van der Waals surface area contributed by atoms with Gasteiger partial charge >= 0.3 is 0 Å². The van der Waals surface area contributed by atoms with Crippen molar-refractivity contribution in [3.8, 4) is 0 Å². The fourth-order valence-corrected chi connectivity index (χ4v) is 4.43. The van der Waals surface area contributed by atoms with Gasteiger partial charge in [0.1, 0.15) is 5.92 Å². The number of benzene rings is 2. The van der Waals surface area contributed by atoms with Gasteiger partial charge in [0.25, 0.3) is 0 Å². The van der Waals surface area contributed by atoms with Crippen LogP contribution in [0, 0.1) is 5.92 Å². The molecule has 0 aromatic heterocycles. The quantitative estimate of drug-likeness (QED) is 0.781. The van der Waals surface area contributed by atoms with Crippen LogP contribution in [0.4, 0.5) is 0 Å². The van der Waals surface area contributed by atoms with Crippen molar-refractivity contribution < 1.29 is 9.59 Å². The normalized spacial score (nSPS) is 25.5. The summed E-state index contributed by atoms with van der Waals surface area (Å²) in [5.41, 5.74) is 7.98. The smallest absolute Gasteiger partial charge is 0.247 e. The average Bonchev–Trinajstić information content (AvgIpc) is 2.79. The molecule has 0 bridgehead atoms. The summed E-state index contributed by atoms with van der Waals surface area (Å²) in [4.78, 5) is 30.7. The Balaban J connectivity index is 1.67. The number of hydrazine groups is 1. The number of likely N-dealkylation sites (N-methyl/N-ethyl adjacent to an activating group) is 1. The average molecular weight is 393 g/mol. The van der Waals surface area contributed by atoms with Gasteiger partial charge in [0.2, 0.25) is 11.8 Å². The maximum absolute atomic E-state index is 13.5. The van der Waals surface area contributed by atoms with Crippen molar-refractivity contribution in [2.45, 2.75) is 18.9 Å². The Morgan fingerprint density at radius 1 is 0.931 bits per heavy atom. The number of nitrogens with one attached hydrogen (secondary N) is 2. The van der Waals surface area contributed by atoms with Crippen LogP contribution >= 0.6 is 0 Å². The Hall–Kier alpha value is -2.70. The standard InChI is InChI=1S/C23H28N4O2/c1-2-26-13-15-27(16-14-26)23(29)20-19(17-9-5-3-6-10-17)21(24-25-22(20)28)18-11-7-4-8-12-18/h3-12,19-21,24H,2,13-16H2,1H3,(H,25,28). The predicted molar refractivity (Wildman–Crippen MR) is 112 cm³/mol. The molecule has 6 heteroatoms. The van der Waals surface area contributed by atoms with Crippen LogP contribution in [-0.2, 0) is 9.59 Å². The molecule has 0 saturated carbocycles. The van der Waals surface area contributed by atoms with Gasteiger partial charge in [-0.2, -0.15) is 0 Å². The fourth-order valence-electron chi connectivity index (χ4n) is 4.43. The summed E-state index contributed by atoms with van der Waals surface area (Å²) in [5, 5.41) is 0. The lowest BCUT2D eigenvalue weighted by atomic mass is 9.75. The number of hydrogen-bond donors (Lipinski definition) is 2. The molecule has 0 aliphatic carbocycles. The molecule has 2 amide bonds. The molecule has 29 heavy (non-hydrogen) atoms. The zero-order valence-corrected chi connectivity index (χ0v) is 16.8. The van der Waals surface area contributed by atoms with E-state index in [1.165, 1.54) is 0 Å². The van der Waals surface area contributed by atoms with Crippen LogP contribution in [0.5, 0.6) is 0 Å². The number of rotatable bonds is 4. The molecule has 2 saturated heterocycles. The van der Waals surface area contributed by atoms with Gasteiger partial charge < -0.3 is 9.80 Å². The largest absolute Gasteiger partial charge is 0.339 e. The minimum atomic E-state index is -0.753. The maximum atomic E-state index is 13.5. The molecule has 2 aromatic rings. The second-order valence-corrected chi connectivity index (χ2v) is 7.70. The molecule has 3 unspecified atom stereocenters. The van der Waals surface area contributed by atoms with Crippen molar-refractivity contribution >= 4 is 11.8 Å². The molecule has 0 spiro atoms. The molecular weight excluding hydrogens is 364 g/mol. The molecule has 2 heterocycles. The van der Waals surface area contributed by atoms with E-state index in [2.05, 4.69) is 22.7 Å². The lowest BCUT2D eigenvalue weighted by Crippen LogP contribution is -2.59. The summed E-state index contributed by atoms with van der Waals surface area (Å²) in [5.74, 6) is -1.36. The molecule has 4 rings (SSSR count). The minimum Gasteiger partial charge on any atom is -0.339 e. The summed E-state index contributed by atoms with van der Waals surface area (Å²) in [6.45, 7) is 6.16. The van der Waals surface area contributed by atoms with Gasteiger partial charge in [0.15, 0.2) is 0 Å². The van der Waals surface area contributed by atoms with Gasteiger partial charge in [-0.05, 0) is 17.7 Å². The van der Waals surface area contributed by atoms with Crippen LogP contribution in [0.1, 0.15) is 30.0 Å². The SMILES string of the molecule is CCN1CCN(C(=O)C2C(=O)NNC(c3ccccc3)C2c2ccccc2)CC1. The number of carbonyl (C=O) groups is 2. The van der Waals surface area contributed by atoms with Crippen LogP contribution in [0.15, 0.2) is 60.7 Å². The summed E-state index contributed by atoms with van der Waals surface area (Å²) in [7, 11) is 0. The van der Waals surface area contributed by atoms with Gasteiger partial charge in [0.05, 0.1) is 6.04 Å². The number of piperazine rings is 1. The molecule has 2 fully saturated rings. The van der Waals surface area contributed by atoms with Crippen molar-refractivity contribution in [3.63, 3.8) is 0 Å². The fraction of sp³-hybridized carbons (Fsp3) is 0.391. The maximum Gasteiger partial charge on any atom is 0.247 e. The zero-order valence-electron chi connectivity index (χ0n) is 16.8. The Kier molecular flexibility index (Phi) is 5.92. The van der Waals surface area contributed by atoms with E-state index in [1.54, 1.807) is 0 Å². The highest BCUT2D eigenvalue weighted by molar-refractivity contribution is 6.02. The summed E-state index contributed by atoms with van der Waals surface area (Å²) in [6.07, 6.45) is 0. The van der Waals surface area contributed by atoms with E-state index in [9.17, 15) is 9.59 Å². The monoisotopic (exact) mass is 392 g/mol. The van der Waals surface area contributed by atoms with Crippen molar-refractivity contribution in [3.05, 3.63) is 71.8 Å². The summed E-state index contributed by atoms with van der Waals surface area (Å²) >= 11 is 0. The summed E-state index contributed by atoms with van der Waals surface area (Å²) in [6, 6.07) is 19.7. The van der Waals surface area contributed by atoms with Gasteiger partial charge in [-0.3, -0.25) is 15.0 Å². The molecular formula is C23H28N4O2. The van der Waals surface area contributed by atoms with Crippen LogP contribution in [0.2, 0.25) is 0 Å². The number of nitrogens with zero attached hydrogens (tertiary/aromatic N) is 2. The Bertz CT molecular complexity index is 834. The lowest BCUT2D eigenvalue weighted by Gasteiger charge is -2.42.